The average molecular weight is 463 g/mol. The van der Waals surface area contributed by atoms with Gasteiger partial charge in [0.2, 0.25) is 0 Å². The van der Waals surface area contributed by atoms with Crippen LogP contribution >= 0.6 is 70.7 Å². The first-order valence-corrected chi connectivity index (χ1v) is 8.62. The Morgan fingerprint density at radius 3 is 2.70 bits per heavy atom. The minimum atomic E-state index is 0. The van der Waals surface area contributed by atoms with Crippen LogP contribution in [0.3, 0.4) is 0 Å². The number of hydrogen-bond acceptors (Lipinski definition) is 2. The van der Waals surface area contributed by atoms with E-state index in [1.54, 1.807) is 35.7 Å². The van der Waals surface area contributed by atoms with Crippen LogP contribution in [-0.4, -0.2) is 40.8 Å². The molecule has 110 valence electrons. The average Bonchev–Trinajstić information content (AvgIpc) is 2.78. The van der Waals surface area contributed by atoms with Crippen molar-refractivity contribution in [2.75, 3.05) is 30.9 Å². The molecular weight excluding hydrogens is 448 g/mol. The van der Waals surface area contributed by atoms with Gasteiger partial charge < -0.3 is 0 Å². The van der Waals surface area contributed by atoms with Gasteiger partial charge in [-0.15, -0.1) is 24.0 Å². The van der Waals surface area contributed by atoms with Crippen molar-refractivity contribution in [3.8, 4) is 0 Å². The zero-order chi connectivity index (χ0) is 13.8. The zero-order valence-electron chi connectivity index (χ0n) is 11.0. The fourth-order valence-electron chi connectivity index (χ4n) is 1.51. The fourth-order valence-corrected chi connectivity index (χ4v) is 3.27. The van der Waals surface area contributed by atoms with Crippen LogP contribution < -0.4 is 9.98 Å². The first-order chi connectivity index (χ1) is 9.10. The van der Waals surface area contributed by atoms with Gasteiger partial charge in [-0.3, -0.25) is 10.2 Å². The highest BCUT2D eigenvalue weighted by Crippen LogP contribution is 2.25. The number of nitrogens with zero attached hydrogens (tertiary/aromatic N) is 2. The Morgan fingerprint density at radius 1 is 1.40 bits per heavy atom. The lowest BCUT2D eigenvalue weighted by Crippen LogP contribution is -2.23. The van der Waals surface area contributed by atoms with E-state index in [1.807, 2.05) is 12.3 Å². The van der Waals surface area contributed by atoms with Crippen LogP contribution in [0, 0.1) is 0 Å². The molecule has 0 atom stereocenters. The predicted molar refractivity (Wildman–Crippen MR) is 106 cm³/mol. The normalized spacial score (nSPS) is 13.8. The molecule has 0 unspecified atom stereocenters. The van der Waals surface area contributed by atoms with Crippen LogP contribution in [0.25, 0.3) is 0 Å². The van der Waals surface area contributed by atoms with E-state index in [4.69, 9.17) is 23.2 Å². The number of benzene rings is 1. The van der Waals surface area contributed by atoms with Crippen molar-refractivity contribution in [1.82, 2.24) is 9.57 Å². The summed E-state index contributed by atoms with van der Waals surface area (Å²) in [7, 11) is 2.05. The molecule has 1 aromatic rings. The summed E-state index contributed by atoms with van der Waals surface area (Å²) in [6.45, 7) is 1.04. The summed E-state index contributed by atoms with van der Waals surface area (Å²) in [4.78, 5) is 2.15. The number of rotatable bonds is 1. The van der Waals surface area contributed by atoms with Crippen LogP contribution in [0.4, 0.5) is 5.69 Å². The van der Waals surface area contributed by atoms with Crippen LogP contribution in [0.1, 0.15) is 0 Å². The molecule has 0 radical (unpaired) electrons. The third-order valence-electron chi connectivity index (χ3n) is 2.55. The van der Waals surface area contributed by atoms with Crippen molar-refractivity contribution in [1.29, 1.82) is 0 Å². The second-order valence-electron chi connectivity index (χ2n) is 3.93. The van der Waals surface area contributed by atoms with E-state index in [2.05, 4.69) is 21.9 Å². The molecule has 8 heteroatoms. The molecule has 0 aromatic heterocycles. The Kier molecular flexibility index (Phi) is 7.93. The first kappa shape index (κ1) is 18.3. The van der Waals surface area contributed by atoms with Gasteiger partial charge in [-0.25, -0.2) is 4.67 Å². The third kappa shape index (κ3) is 4.93. The molecule has 1 aromatic carbocycles. The van der Waals surface area contributed by atoms with E-state index in [0.717, 1.165) is 28.3 Å². The number of nitrogens with one attached hydrogen (secondary N) is 1. The quantitative estimate of drug-likeness (QED) is 0.297. The topological polar surface area (TPSA) is 29.4 Å². The molecule has 0 saturated carbocycles. The Labute approximate surface area is 154 Å². The monoisotopic (exact) mass is 462 g/mol. The molecule has 2 rings (SSSR count). The van der Waals surface area contributed by atoms with Crippen LogP contribution in [-0.2, 0) is 0 Å². The highest BCUT2D eigenvalue weighted by molar-refractivity contribution is 14.0. The van der Waals surface area contributed by atoms with Gasteiger partial charge in [-0.05, 0) is 48.0 Å². The van der Waals surface area contributed by atoms with Gasteiger partial charge in [-0.2, -0.15) is 0 Å². The lowest BCUT2D eigenvalue weighted by Gasteiger charge is -2.02. The van der Waals surface area contributed by atoms with Crippen LogP contribution in [0.15, 0.2) is 18.2 Å². The molecule has 0 aliphatic carbocycles. The van der Waals surface area contributed by atoms with Gasteiger partial charge in [0.15, 0.2) is 0 Å². The van der Waals surface area contributed by atoms with Crippen LogP contribution in [0.5, 0.6) is 0 Å². The molecule has 0 amide bonds. The van der Waals surface area contributed by atoms with Crippen molar-refractivity contribution < 1.29 is 0 Å². The maximum Gasteiger partial charge on any atom is 0.350 e. The summed E-state index contributed by atoms with van der Waals surface area (Å²) < 4.78 is 4.62. The van der Waals surface area contributed by atoms with E-state index < -0.39 is 0 Å². The second-order valence-corrected chi connectivity index (χ2v) is 6.60. The third-order valence-corrected chi connectivity index (χ3v) is 4.91. The molecule has 3 nitrogen and oxygen atoms in total. The maximum atomic E-state index is 6.00. The lowest BCUT2D eigenvalue weighted by molar-refractivity contribution is 0.563. The molecule has 0 bridgehead atoms. The van der Waals surface area contributed by atoms with E-state index in [-0.39, 0.29) is 24.0 Å². The summed E-state index contributed by atoms with van der Waals surface area (Å²) in [5.41, 5.74) is 0.883. The SMILES string of the molecule is CSC(=[N+]=C1SCCN1C)Nc1ccc(Cl)c(Cl)c1.I. The van der Waals surface area contributed by atoms with E-state index >= 15 is 0 Å². The fraction of sp³-hybridized carbons (Fsp3) is 0.333. The highest BCUT2D eigenvalue weighted by Gasteiger charge is 2.22. The summed E-state index contributed by atoms with van der Waals surface area (Å²) in [6, 6.07) is 5.45. The molecule has 0 spiro atoms. The predicted octanol–water partition coefficient (Wildman–Crippen LogP) is 3.84. The van der Waals surface area contributed by atoms with Gasteiger partial charge in [0.05, 0.1) is 29.3 Å². The minimum Gasteiger partial charge on any atom is -0.276 e. The number of thioether (sulfide) groups is 2. The Bertz CT molecular complexity index is 548. The molecular formula is C12H15Cl2IN3S2+. The van der Waals surface area contributed by atoms with Crippen molar-refractivity contribution >= 4 is 86.7 Å². The van der Waals surface area contributed by atoms with Crippen molar-refractivity contribution in [2.45, 2.75) is 0 Å². The lowest BCUT2D eigenvalue weighted by atomic mass is 10.3. The van der Waals surface area contributed by atoms with Gasteiger partial charge in [0, 0.05) is 5.75 Å². The van der Waals surface area contributed by atoms with Crippen LogP contribution in [0.2, 0.25) is 10.0 Å². The summed E-state index contributed by atoms with van der Waals surface area (Å²) in [5.74, 6) is 1.09. The summed E-state index contributed by atoms with van der Waals surface area (Å²) in [5, 5.41) is 6.22. The van der Waals surface area contributed by atoms with E-state index in [1.165, 1.54) is 0 Å². The zero-order valence-corrected chi connectivity index (χ0v) is 16.5. The van der Waals surface area contributed by atoms with Crippen molar-refractivity contribution in [3.05, 3.63) is 28.2 Å². The van der Waals surface area contributed by atoms with E-state index in [0.29, 0.717) is 10.0 Å². The Morgan fingerprint density at radius 2 is 2.15 bits per heavy atom. The number of anilines is 1. The number of halogens is 3. The highest BCUT2D eigenvalue weighted by atomic mass is 127. The number of hydrogen-bond donors (Lipinski definition) is 1. The molecule has 1 N–H and O–H groups in total. The minimum absolute atomic E-state index is 0. The summed E-state index contributed by atoms with van der Waals surface area (Å²) >= 11 is 15.2. The smallest absolute Gasteiger partial charge is 0.276 e. The molecule has 1 aliphatic rings. The molecule has 20 heavy (non-hydrogen) atoms. The molecule has 1 aliphatic heterocycles. The van der Waals surface area contributed by atoms with E-state index in [9.17, 15) is 0 Å². The van der Waals surface area contributed by atoms with Gasteiger partial charge in [-0.1, -0.05) is 23.2 Å². The second kappa shape index (κ2) is 8.66. The molecule has 1 saturated heterocycles. The molecule has 1 heterocycles. The summed E-state index contributed by atoms with van der Waals surface area (Å²) in [6.07, 6.45) is 1.99. The van der Waals surface area contributed by atoms with Crippen molar-refractivity contribution in [3.63, 3.8) is 0 Å². The van der Waals surface area contributed by atoms with Gasteiger partial charge in [0.25, 0.3) is 0 Å². The Balaban J connectivity index is 0.00000200. The number of amidine groups is 2. The van der Waals surface area contributed by atoms with Gasteiger partial charge in [0.1, 0.15) is 0 Å². The standard InChI is InChI=1S/C12H13Cl2N3S2.HI/c1-17-5-6-19-12(17)16-11(18-2)15-8-3-4-9(13)10(14)7-8;/h3-4,7H,5-6H2,1-2H3;1H/p+1. The van der Waals surface area contributed by atoms with Crippen molar-refractivity contribution in [2.24, 2.45) is 0 Å². The Hall–Kier alpha value is 0.280. The maximum absolute atomic E-state index is 6.00. The largest absolute Gasteiger partial charge is 0.350 e. The van der Waals surface area contributed by atoms with Gasteiger partial charge >= 0.3 is 10.3 Å². The first-order valence-electron chi connectivity index (χ1n) is 5.66. The molecule has 1 fully saturated rings.